The number of benzene rings is 4. The van der Waals surface area contributed by atoms with Gasteiger partial charge in [-0.1, -0.05) is 109 Å². The zero-order valence-electron chi connectivity index (χ0n) is 15.2. The minimum atomic E-state index is -3.00. The molecular weight excluding hydrogens is 347 g/mol. The van der Waals surface area contributed by atoms with Crippen molar-refractivity contribution in [3.05, 3.63) is 115 Å². The Morgan fingerprint density at radius 1 is 0.519 bits per heavy atom. The van der Waals surface area contributed by atoms with Crippen LogP contribution in [-0.4, -0.2) is 0 Å². The maximum absolute atomic E-state index is 14.7. The average Bonchev–Trinajstić information content (AvgIpc) is 2.75. The van der Waals surface area contributed by atoms with Crippen molar-refractivity contribution >= 4 is 23.1 Å². The molecule has 0 aliphatic rings. The number of hydrogen-bond donors (Lipinski definition) is 0. The predicted octanol–water partition coefficient (Wildman–Crippen LogP) is 5.30. The summed E-state index contributed by atoms with van der Waals surface area (Å²) in [5, 5.41) is 2.60. The van der Waals surface area contributed by atoms with Gasteiger partial charge in [0.25, 0.3) is 0 Å². The van der Waals surface area contributed by atoms with Gasteiger partial charge in [0.1, 0.15) is 0 Å². The predicted molar refractivity (Wildman–Crippen MR) is 116 cm³/mol. The molecule has 0 radical (unpaired) electrons. The number of rotatable bonds is 4. The van der Waals surface area contributed by atoms with Gasteiger partial charge in [0.05, 0.1) is 0 Å². The standard InChI is InChI=1S/C25H21OP/c1-20-12-8-9-17-23(20)24-18-10-11-19-25(24)27(26,21-13-4-2-5-14-21)22-15-6-3-7-16-22/h2-19H,1H3. The lowest BCUT2D eigenvalue weighted by atomic mass is 10.0. The Balaban J connectivity index is 2.05. The lowest BCUT2D eigenvalue weighted by molar-refractivity contribution is 0.592. The van der Waals surface area contributed by atoms with E-state index in [9.17, 15) is 4.57 Å². The van der Waals surface area contributed by atoms with Crippen LogP contribution in [0.25, 0.3) is 11.1 Å². The Kier molecular flexibility index (Phi) is 4.79. The monoisotopic (exact) mass is 368 g/mol. The van der Waals surface area contributed by atoms with Gasteiger partial charge in [-0.05, 0) is 23.6 Å². The van der Waals surface area contributed by atoms with Crippen LogP contribution in [0.5, 0.6) is 0 Å². The molecule has 0 aliphatic carbocycles. The van der Waals surface area contributed by atoms with E-state index >= 15 is 0 Å². The van der Waals surface area contributed by atoms with Crippen LogP contribution in [0, 0.1) is 6.92 Å². The third-order valence-electron chi connectivity index (χ3n) is 4.92. The molecule has 4 aromatic carbocycles. The molecule has 0 heterocycles. The van der Waals surface area contributed by atoms with Gasteiger partial charge in [-0.15, -0.1) is 0 Å². The third kappa shape index (κ3) is 3.16. The lowest BCUT2D eigenvalue weighted by Gasteiger charge is -2.23. The first-order valence-corrected chi connectivity index (χ1v) is 10.8. The zero-order valence-corrected chi connectivity index (χ0v) is 16.1. The molecule has 0 amide bonds. The van der Waals surface area contributed by atoms with Crippen LogP contribution < -0.4 is 15.9 Å². The Labute approximate surface area is 160 Å². The van der Waals surface area contributed by atoms with Crippen molar-refractivity contribution in [1.82, 2.24) is 0 Å². The Morgan fingerprint density at radius 2 is 0.963 bits per heavy atom. The van der Waals surface area contributed by atoms with Crippen molar-refractivity contribution in [3.63, 3.8) is 0 Å². The topological polar surface area (TPSA) is 17.1 Å². The molecule has 0 unspecified atom stereocenters. The molecule has 4 aromatic rings. The number of aryl methyl sites for hydroxylation is 1. The van der Waals surface area contributed by atoms with E-state index in [0.29, 0.717) is 0 Å². The van der Waals surface area contributed by atoms with Crippen LogP contribution in [0.4, 0.5) is 0 Å². The number of hydrogen-bond acceptors (Lipinski definition) is 1. The van der Waals surface area contributed by atoms with Gasteiger partial charge in [-0.3, -0.25) is 0 Å². The largest absolute Gasteiger partial charge is 0.309 e. The van der Waals surface area contributed by atoms with Gasteiger partial charge in [-0.2, -0.15) is 0 Å². The molecule has 0 fully saturated rings. The Bertz CT molecular complexity index is 1060. The summed E-state index contributed by atoms with van der Waals surface area (Å²) in [4.78, 5) is 0. The zero-order chi connectivity index (χ0) is 18.7. The molecule has 0 N–H and O–H groups in total. The highest BCUT2D eigenvalue weighted by atomic mass is 31.2. The third-order valence-corrected chi connectivity index (χ3v) is 8.04. The van der Waals surface area contributed by atoms with Crippen molar-refractivity contribution in [2.24, 2.45) is 0 Å². The summed E-state index contributed by atoms with van der Waals surface area (Å²) in [5.74, 6) is 0. The van der Waals surface area contributed by atoms with Crippen molar-refractivity contribution in [1.29, 1.82) is 0 Å². The van der Waals surface area contributed by atoms with Crippen molar-refractivity contribution < 1.29 is 4.57 Å². The van der Waals surface area contributed by atoms with Crippen molar-refractivity contribution in [2.45, 2.75) is 6.92 Å². The summed E-state index contributed by atoms with van der Waals surface area (Å²) in [7, 11) is -3.00. The van der Waals surface area contributed by atoms with Crippen LogP contribution in [0.2, 0.25) is 0 Å². The molecule has 0 spiro atoms. The van der Waals surface area contributed by atoms with Crippen LogP contribution >= 0.6 is 7.14 Å². The minimum Gasteiger partial charge on any atom is -0.309 e. The smallest absolute Gasteiger partial charge is 0.171 e. The summed E-state index contributed by atoms with van der Waals surface area (Å²) < 4.78 is 14.7. The molecule has 0 saturated heterocycles. The molecule has 0 saturated carbocycles. The van der Waals surface area contributed by atoms with Gasteiger partial charge >= 0.3 is 0 Å². The van der Waals surface area contributed by atoms with Crippen molar-refractivity contribution in [3.8, 4) is 11.1 Å². The second-order valence-electron chi connectivity index (χ2n) is 6.61. The second kappa shape index (κ2) is 7.39. The summed E-state index contributed by atoms with van der Waals surface area (Å²) >= 11 is 0. The molecule has 0 aromatic heterocycles. The molecule has 27 heavy (non-hydrogen) atoms. The van der Waals surface area contributed by atoms with E-state index in [2.05, 4.69) is 25.1 Å². The lowest BCUT2D eigenvalue weighted by Crippen LogP contribution is -2.26. The Hall–Kier alpha value is -2.89. The second-order valence-corrected chi connectivity index (χ2v) is 9.35. The first-order valence-electron chi connectivity index (χ1n) is 9.08. The van der Waals surface area contributed by atoms with Crippen LogP contribution in [0.1, 0.15) is 5.56 Å². The van der Waals surface area contributed by atoms with Crippen LogP contribution in [-0.2, 0) is 4.57 Å². The highest BCUT2D eigenvalue weighted by Gasteiger charge is 2.32. The molecule has 0 atom stereocenters. The quantitative estimate of drug-likeness (QED) is 0.447. The van der Waals surface area contributed by atoms with Gasteiger partial charge in [-0.25, -0.2) is 0 Å². The fraction of sp³-hybridized carbons (Fsp3) is 0.0400. The molecule has 132 valence electrons. The fourth-order valence-electron chi connectivity index (χ4n) is 3.55. The van der Waals surface area contributed by atoms with E-state index in [4.69, 9.17) is 0 Å². The summed E-state index contributed by atoms with van der Waals surface area (Å²) in [6.07, 6.45) is 0. The van der Waals surface area contributed by atoms with Gasteiger partial charge in [0.2, 0.25) is 0 Å². The first-order chi connectivity index (χ1) is 13.2. The normalized spacial score (nSPS) is 11.3. The van der Waals surface area contributed by atoms with E-state index in [1.165, 1.54) is 5.56 Å². The molecule has 1 nitrogen and oxygen atoms in total. The van der Waals surface area contributed by atoms with E-state index < -0.39 is 7.14 Å². The summed E-state index contributed by atoms with van der Waals surface area (Å²) in [6.45, 7) is 2.10. The molecule has 0 bridgehead atoms. The first kappa shape index (κ1) is 17.5. The molecule has 2 heteroatoms. The maximum atomic E-state index is 14.7. The molecule has 4 rings (SSSR count). The van der Waals surface area contributed by atoms with Gasteiger partial charge in [0.15, 0.2) is 7.14 Å². The maximum Gasteiger partial charge on any atom is 0.171 e. The van der Waals surface area contributed by atoms with Gasteiger partial charge in [0, 0.05) is 15.9 Å². The molecule has 0 aliphatic heterocycles. The van der Waals surface area contributed by atoms with Crippen LogP contribution in [0.3, 0.4) is 0 Å². The fourth-order valence-corrected chi connectivity index (χ4v) is 6.42. The van der Waals surface area contributed by atoms with Crippen molar-refractivity contribution in [2.75, 3.05) is 0 Å². The molecular formula is C25H21OP. The average molecular weight is 368 g/mol. The van der Waals surface area contributed by atoms with Gasteiger partial charge < -0.3 is 4.57 Å². The van der Waals surface area contributed by atoms with E-state index in [1.807, 2.05) is 91.0 Å². The summed E-state index contributed by atoms with van der Waals surface area (Å²) in [6, 6.07) is 36.0. The summed E-state index contributed by atoms with van der Waals surface area (Å²) in [5.41, 5.74) is 3.34. The highest BCUT2D eigenvalue weighted by molar-refractivity contribution is 7.85. The van der Waals surface area contributed by atoms with E-state index in [-0.39, 0.29) is 0 Å². The van der Waals surface area contributed by atoms with E-state index in [0.717, 1.165) is 27.0 Å². The van der Waals surface area contributed by atoms with Crippen LogP contribution in [0.15, 0.2) is 109 Å². The minimum absolute atomic E-state index is 0.859. The highest BCUT2D eigenvalue weighted by Crippen LogP contribution is 2.45. The van der Waals surface area contributed by atoms with E-state index in [1.54, 1.807) is 0 Å². The SMILES string of the molecule is Cc1ccccc1-c1ccccc1P(=O)(c1ccccc1)c1ccccc1. The Morgan fingerprint density at radius 3 is 1.52 bits per heavy atom.